The summed E-state index contributed by atoms with van der Waals surface area (Å²) in [6.45, 7) is 6.20. The third kappa shape index (κ3) is 4.82. The molecule has 1 atom stereocenters. The quantitative estimate of drug-likeness (QED) is 0.744. The van der Waals surface area contributed by atoms with Crippen LogP contribution >= 0.6 is 23.2 Å². The van der Waals surface area contributed by atoms with Crippen LogP contribution in [0.1, 0.15) is 26.3 Å². The first-order valence-electron chi connectivity index (χ1n) is 5.33. The number of aliphatic hydroxyl groups is 1. The summed E-state index contributed by atoms with van der Waals surface area (Å²) in [5, 5.41) is 14.2. The van der Waals surface area contributed by atoms with Gasteiger partial charge in [-0.25, -0.2) is 0 Å². The van der Waals surface area contributed by atoms with E-state index in [1.807, 2.05) is 20.8 Å². The Morgan fingerprint density at radius 1 is 1.18 bits per heavy atom. The van der Waals surface area contributed by atoms with Gasteiger partial charge >= 0.3 is 0 Å². The molecule has 0 heterocycles. The second-order valence-electron chi connectivity index (χ2n) is 5.19. The molecule has 0 fully saturated rings. The second-order valence-corrected chi connectivity index (χ2v) is 6.06. The number of halogens is 2. The molecule has 96 valence electrons. The van der Waals surface area contributed by atoms with Crippen molar-refractivity contribution in [2.45, 2.75) is 32.0 Å². The van der Waals surface area contributed by atoms with E-state index in [2.05, 4.69) is 5.32 Å². The molecule has 0 aliphatic rings. The molecule has 1 unspecified atom stereocenters. The van der Waals surface area contributed by atoms with Crippen LogP contribution in [0, 0.1) is 0 Å². The van der Waals surface area contributed by atoms with Crippen LogP contribution in [0.25, 0.3) is 0 Å². The summed E-state index contributed by atoms with van der Waals surface area (Å²) in [6, 6.07) is 4.81. The highest BCUT2D eigenvalue weighted by molar-refractivity contribution is 6.34. The van der Waals surface area contributed by atoms with Gasteiger partial charge in [0.15, 0.2) is 5.72 Å². The van der Waals surface area contributed by atoms with Gasteiger partial charge in [-0.2, -0.15) is 0 Å². The molecule has 0 amide bonds. The van der Waals surface area contributed by atoms with E-state index in [0.29, 0.717) is 15.6 Å². The molecule has 0 spiro atoms. The number of benzene rings is 1. The normalized spacial score (nSPS) is 15.7. The summed E-state index contributed by atoms with van der Waals surface area (Å²) in [7, 11) is 0. The summed E-state index contributed by atoms with van der Waals surface area (Å²) in [5.41, 5.74) is 4.72. The summed E-state index contributed by atoms with van der Waals surface area (Å²) in [5.74, 6) is 0. The second kappa shape index (κ2) is 5.12. The molecule has 5 heteroatoms. The monoisotopic (exact) mass is 276 g/mol. The summed E-state index contributed by atoms with van der Waals surface area (Å²) >= 11 is 11.7. The van der Waals surface area contributed by atoms with Crippen molar-refractivity contribution in [2.24, 2.45) is 5.73 Å². The molecule has 0 aromatic heterocycles. The Morgan fingerprint density at radius 2 is 1.65 bits per heavy atom. The minimum absolute atomic E-state index is 0.129. The number of nitrogens with two attached hydrogens (primary N) is 1. The molecule has 0 bridgehead atoms. The van der Waals surface area contributed by atoms with Crippen LogP contribution < -0.4 is 11.1 Å². The highest BCUT2D eigenvalue weighted by atomic mass is 35.5. The van der Waals surface area contributed by atoms with Crippen LogP contribution in [0.15, 0.2) is 18.2 Å². The van der Waals surface area contributed by atoms with Gasteiger partial charge in [0.05, 0.1) is 0 Å². The van der Waals surface area contributed by atoms with Crippen LogP contribution in [0.4, 0.5) is 0 Å². The molecule has 1 rings (SSSR count). The third-order valence-electron chi connectivity index (χ3n) is 2.25. The third-order valence-corrected chi connectivity index (χ3v) is 2.69. The fourth-order valence-electron chi connectivity index (χ4n) is 1.31. The predicted octanol–water partition coefficient (Wildman–Crippen LogP) is 2.49. The zero-order chi connectivity index (χ0) is 13.3. The Morgan fingerprint density at radius 3 is 2.06 bits per heavy atom. The van der Waals surface area contributed by atoms with Crippen LogP contribution in [-0.2, 0) is 5.72 Å². The maximum Gasteiger partial charge on any atom is 0.152 e. The maximum absolute atomic E-state index is 10.2. The lowest BCUT2D eigenvalue weighted by Gasteiger charge is -2.29. The van der Waals surface area contributed by atoms with E-state index in [1.165, 1.54) is 0 Å². The van der Waals surface area contributed by atoms with Crippen molar-refractivity contribution in [1.82, 2.24) is 5.32 Å². The molecule has 0 aliphatic heterocycles. The standard InChI is InChI=1S/C12H18Cl2N2O/c1-11(2,3)16-7-12(15,17)8-4-9(13)6-10(14)5-8/h4-6,16-17H,7,15H2,1-3H3. The molecular formula is C12H18Cl2N2O. The molecule has 0 aliphatic carbocycles. The lowest BCUT2D eigenvalue weighted by Crippen LogP contribution is -2.51. The number of hydrogen-bond donors (Lipinski definition) is 3. The van der Waals surface area contributed by atoms with E-state index < -0.39 is 5.72 Å². The van der Waals surface area contributed by atoms with Gasteiger partial charge < -0.3 is 10.4 Å². The Kier molecular flexibility index (Phi) is 4.44. The van der Waals surface area contributed by atoms with E-state index in [0.717, 1.165) is 0 Å². The first-order chi connectivity index (χ1) is 7.60. The number of nitrogens with one attached hydrogen (secondary N) is 1. The number of rotatable bonds is 3. The van der Waals surface area contributed by atoms with Gasteiger partial charge in [-0.3, -0.25) is 5.73 Å². The van der Waals surface area contributed by atoms with E-state index >= 15 is 0 Å². The van der Waals surface area contributed by atoms with Gasteiger partial charge in [-0.15, -0.1) is 0 Å². The predicted molar refractivity (Wildman–Crippen MR) is 72.3 cm³/mol. The average Bonchev–Trinajstić information content (AvgIpc) is 2.12. The fourth-order valence-corrected chi connectivity index (χ4v) is 1.83. The molecule has 17 heavy (non-hydrogen) atoms. The van der Waals surface area contributed by atoms with E-state index in [1.54, 1.807) is 18.2 Å². The summed E-state index contributed by atoms with van der Waals surface area (Å²) < 4.78 is 0. The Balaban J connectivity index is 2.88. The fraction of sp³-hybridized carbons (Fsp3) is 0.500. The van der Waals surface area contributed by atoms with Gasteiger partial charge in [-0.05, 0) is 39.0 Å². The van der Waals surface area contributed by atoms with Crippen molar-refractivity contribution in [3.05, 3.63) is 33.8 Å². The smallest absolute Gasteiger partial charge is 0.152 e. The molecule has 3 nitrogen and oxygen atoms in total. The van der Waals surface area contributed by atoms with Crippen molar-refractivity contribution >= 4 is 23.2 Å². The van der Waals surface area contributed by atoms with E-state index in [-0.39, 0.29) is 12.1 Å². The summed E-state index contributed by atoms with van der Waals surface area (Å²) in [6.07, 6.45) is 0. The van der Waals surface area contributed by atoms with Crippen molar-refractivity contribution in [3.63, 3.8) is 0 Å². The first kappa shape index (κ1) is 14.7. The Bertz CT molecular complexity index is 380. The zero-order valence-electron chi connectivity index (χ0n) is 10.2. The van der Waals surface area contributed by atoms with Gasteiger partial charge in [0, 0.05) is 27.7 Å². The highest BCUT2D eigenvalue weighted by Crippen LogP contribution is 2.24. The van der Waals surface area contributed by atoms with Crippen molar-refractivity contribution in [2.75, 3.05) is 6.54 Å². The van der Waals surface area contributed by atoms with Crippen molar-refractivity contribution in [3.8, 4) is 0 Å². The maximum atomic E-state index is 10.2. The van der Waals surface area contributed by atoms with Crippen molar-refractivity contribution < 1.29 is 5.11 Å². The van der Waals surface area contributed by atoms with Crippen LogP contribution in [0.2, 0.25) is 10.0 Å². The first-order valence-corrected chi connectivity index (χ1v) is 6.09. The van der Waals surface area contributed by atoms with Gasteiger partial charge in [0.1, 0.15) is 0 Å². The Hall–Kier alpha value is -0.320. The molecular weight excluding hydrogens is 259 g/mol. The van der Waals surface area contributed by atoms with Gasteiger partial charge in [-0.1, -0.05) is 23.2 Å². The van der Waals surface area contributed by atoms with E-state index in [9.17, 15) is 5.11 Å². The van der Waals surface area contributed by atoms with Crippen LogP contribution in [-0.4, -0.2) is 17.2 Å². The summed E-state index contributed by atoms with van der Waals surface area (Å²) in [4.78, 5) is 0. The van der Waals surface area contributed by atoms with Gasteiger partial charge in [0.25, 0.3) is 0 Å². The molecule has 1 aromatic rings. The molecule has 4 N–H and O–H groups in total. The number of β-amino-alcohol motifs (C(OH)–C–C–N with tert-alkyl or cyclic N) is 1. The highest BCUT2D eigenvalue weighted by Gasteiger charge is 2.26. The zero-order valence-corrected chi connectivity index (χ0v) is 11.7. The molecule has 0 saturated heterocycles. The molecule has 0 radical (unpaired) electrons. The largest absolute Gasteiger partial charge is 0.370 e. The topological polar surface area (TPSA) is 58.3 Å². The minimum atomic E-state index is -1.50. The number of hydrogen-bond acceptors (Lipinski definition) is 3. The SMILES string of the molecule is CC(C)(C)NCC(N)(O)c1cc(Cl)cc(Cl)c1. The van der Waals surface area contributed by atoms with Crippen LogP contribution in [0.3, 0.4) is 0 Å². The minimum Gasteiger partial charge on any atom is -0.370 e. The van der Waals surface area contributed by atoms with Crippen LogP contribution in [0.5, 0.6) is 0 Å². The van der Waals surface area contributed by atoms with Gasteiger partial charge in [0.2, 0.25) is 0 Å². The molecule has 1 aromatic carbocycles. The lowest BCUT2D eigenvalue weighted by atomic mass is 10.0. The van der Waals surface area contributed by atoms with Crippen molar-refractivity contribution in [1.29, 1.82) is 0 Å². The Labute approximate surface area is 112 Å². The average molecular weight is 277 g/mol. The van der Waals surface area contributed by atoms with E-state index in [4.69, 9.17) is 28.9 Å². The lowest BCUT2D eigenvalue weighted by molar-refractivity contribution is 0.0372. The molecule has 0 saturated carbocycles.